The fourth-order valence-corrected chi connectivity index (χ4v) is 6.79. The third-order valence-electron chi connectivity index (χ3n) is 7.02. The zero-order chi connectivity index (χ0) is 25.9. The van der Waals surface area contributed by atoms with Crippen molar-refractivity contribution in [2.45, 2.75) is 45.2 Å². The van der Waals surface area contributed by atoms with Gasteiger partial charge in [0.2, 0.25) is 11.8 Å². The zero-order valence-corrected chi connectivity index (χ0v) is 21.2. The Labute approximate surface area is 211 Å². The number of amides is 2. The van der Waals surface area contributed by atoms with Crippen LogP contribution in [0.15, 0.2) is 18.2 Å². The van der Waals surface area contributed by atoms with Gasteiger partial charge in [-0.3, -0.25) is 9.59 Å². The van der Waals surface area contributed by atoms with E-state index in [2.05, 4.69) is 11.4 Å². The summed E-state index contributed by atoms with van der Waals surface area (Å²) in [7, 11) is -3.71. The number of nitrogens with one attached hydrogen (secondary N) is 1. The predicted molar refractivity (Wildman–Crippen MR) is 128 cm³/mol. The van der Waals surface area contributed by atoms with Crippen molar-refractivity contribution in [3.8, 4) is 11.8 Å². The Balaban J connectivity index is 1.34. The van der Waals surface area contributed by atoms with Crippen LogP contribution in [-0.4, -0.2) is 79.1 Å². The van der Waals surface area contributed by atoms with Crippen molar-refractivity contribution in [2.75, 3.05) is 39.3 Å². The van der Waals surface area contributed by atoms with Crippen molar-refractivity contribution < 1.29 is 27.1 Å². The average Bonchev–Trinajstić information content (AvgIpc) is 3.33. The van der Waals surface area contributed by atoms with Gasteiger partial charge in [-0.05, 0) is 50.3 Å². The van der Waals surface area contributed by atoms with Gasteiger partial charge in [-0.25, -0.2) is 4.39 Å². The molecule has 0 radical (unpaired) electrons. The Hall–Kier alpha value is -2.75. The second-order valence-corrected chi connectivity index (χ2v) is 11.4. The number of hydrogen-bond donors (Lipinski definition) is 1. The lowest BCUT2D eigenvalue weighted by Crippen LogP contribution is -2.57. The molecule has 10 nitrogen and oxygen atoms in total. The van der Waals surface area contributed by atoms with Gasteiger partial charge >= 0.3 is 0 Å². The van der Waals surface area contributed by atoms with E-state index in [0.717, 1.165) is 0 Å². The van der Waals surface area contributed by atoms with Crippen molar-refractivity contribution in [1.82, 2.24) is 18.8 Å². The summed E-state index contributed by atoms with van der Waals surface area (Å²) in [6.07, 6.45) is 2.31. The average molecular weight is 522 g/mol. The lowest BCUT2D eigenvalue weighted by atomic mass is 9.97. The molecule has 3 aliphatic rings. The summed E-state index contributed by atoms with van der Waals surface area (Å²) in [6.45, 7) is 3.45. The van der Waals surface area contributed by atoms with Crippen molar-refractivity contribution in [3.63, 3.8) is 0 Å². The van der Waals surface area contributed by atoms with E-state index in [4.69, 9.17) is 10.00 Å². The molecule has 2 atom stereocenters. The first-order valence-electron chi connectivity index (χ1n) is 12.4. The van der Waals surface area contributed by atoms with Crippen LogP contribution in [0.3, 0.4) is 0 Å². The molecule has 1 aromatic rings. The SMILES string of the molecule is CCOc1ccc(CNC(=O)[C@H]2CCCN2C(=O)[C@H]2CCCN(S(=O)(=O)N3CC(C#N)C3)C2)cc1F. The molecule has 0 bridgehead atoms. The molecule has 0 saturated carbocycles. The molecule has 0 unspecified atom stereocenters. The Morgan fingerprint density at radius 1 is 1.17 bits per heavy atom. The van der Waals surface area contributed by atoms with Crippen LogP contribution in [0.2, 0.25) is 0 Å². The summed E-state index contributed by atoms with van der Waals surface area (Å²) < 4.78 is 47.7. The number of carbonyl (C=O) groups is 2. The highest BCUT2D eigenvalue weighted by molar-refractivity contribution is 7.86. The maximum Gasteiger partial charge on any atom is 0.282 e. The highest BCUT2D eigenvalue weighted by Crippen LogP contribution is 2.29. The summed E-state index contributed by atoms with van der Waals surface area (Å²) in [5.41, 5.74) is 0.581. The fourth-order valence-electron chi connectivity index (χ4n) is 5.00. The second kappa shape index (κ2) is 11.1. The first kappa shape index (κ1) is 26.3. The molecule has 196 valence electrons. The van der Waals surface area contributed by atoms with Gasteiger partial charge in [-0.1, -0.05) is 6.07 Å². The Kier molecular flexibility index (Phi) is 8.12. The molecule has 3 aliphatic heterocycles. The van der Waals surface area contributed by atoms with E-state index in [0.29, 0.717) is 50.9 Å². The normalized spacial score (nSPS) is 23.6. The lowest BCUT2D eigenvalue weighted by Gasteiger charge is -2.41. The van der Waals surface area contributed by atoms with Gasteiger partial charge in [0.1, 0.15) is 6.04 Å². The van der Waals surface area contributed by atoms with Crippen LogP contribution in [0.4, 0.5) is 4.39 Å². The number of nitrogens with zero attached hydrogens (tertiary/aromatic N) is 4. The smallest absolute Gasteiger partial charge is 0.282 e. The van der Waals surface area contributed by atoms with Gasteiger partial charge < -0.3 is 15.0 Å². The van der Waals surface area contributed by atoms with Crippen LogP contribution >= 0.6 is 0 Å². The Morgan fingerprint density at radius 2 is 1.92 bits per heavy atom. The molecular weight excluding hydrogens is 489 g/mol. The van der Waals surface area contributed by atoms with Crippen LogP contribution in [0.1, 0.15) is 38.2 Å². The number of hydrogen-bond acceptors (Lipinski definition) is 6. The first-order valence-corrected chi connectivity index (χ1v) is 13.8. The molecule has 36 heavy (non-hydrogen) atoms. The molecule has 1 N–H and O–H groups in total. The molecule has 1 aromatic carbocycles. The molecule has 0 aromatic heterocycles. The monoisotopic (exact) mass is 521 g/mol. The zero-order valence-electron chi connectivity index (χ0n) is 20.4. The van der Waals surface area contributed by atoms with Gasteiger partial charge in [-0.15, -0.1) is 0 Å². The maximum atomic E-state index is 14.1. The number of ether oxygens (including phenoxy) is 1. The molecule has 3 fully saturated rings. The molecule has 4 rings (SSSR count). The second-order valence-electron chi connectivity index (χ2n) is 9.45. The minimum absolute atomic E-state index is 0.0746. The summed E-state index contributed by atoms with van der Waals surface area (Å²) in [5, 5.41) is 11.7. The largest absolute Gasteiger partial charge is 0.491 e. The van der Waals surface area contributed by atoms with E-state index >= 15 is 0 Å². The lowest BCUT2D eigenvalue weighted by molar-refractivity contribution is -0.142. The van der Waals surface area contributed by atoms with E-state index in [9.17, 15) is 22.4 Å². The maximum absolute atomic E-state index is 14.1. The van der Waals surface area contributed by atoms with Crippen LogP contribution in [0.5, 0.6) is 5.75 Å². The highest BCUT2D eigenvalue weighted by atomic mass is 32.2. The van der Waals surface area contributed by atoms with Crippen molar-refractivity contribution in [2.24, 2.45) is 11.8 Å². The van der Waals surface area contributed by atoms with Crippen LogP contribution in [0, 0.1) is 29.0 Å². The molecule has 2 amide bonds. The molecule has 3 heterocycles. The summed E-state index contributed by atoms with van der Waals surface area (Å²) >= 11 is 0. The standard InChI is InChI=1S/C24H32FN5O5S/c1-2-35-22-8-7-17(11-20(22)25)13-27-23(31)21-6-4-10-30(21)24(32)19-5-3-9-28(16-19)36(33,34)29-14-18(12-26)15-29/h7-8,11,18-19,21H,2-6,9-10,13-16H2,1H3,(H,27,31)/t19-,21+/m0/s1. The fraction of sp³-hybridized carbons (Fsp3) is 0.625. The van der Waals surface area contributed by atoms with E-state index in [-0.39, 0.29) is 49.7 Å². The summed E-state index contributed by atoms with van der Waals surface area (Å²) in [4.78, 5) is 27.8. The van der Waals surface area contributed by atoms with Gasteiger partial charge in [0.05, 0.1) is 24.5 Å². The minimum Gasteiger partial charge on any atom is -0.491 e. The number of piperidine rings is 1. The Bertz CT molecular complexity index is 1130. The van der Waals surface area contributed by atoms with Gasteiger partial charge in [0.25, 0.3) is 10.2 Å². The van der Waals surface area contributed by atoms with Crippen molar-refractivity contribution in [1.29, 1.82) is 5.26 Å². The van der Waals surface area contributed by atoms with E-state index in [1.807, 2.05) is 0 Å². The first-order chi connectivity index (χ1) is 17.2. The minimum atomic E-state index is -3.71. The quantitative estimate of drug-likeness (QED) is 0.549. The number of benzene rings is 1. The number of carbonyl (C=O) groups excluding carboxylic acids is 2. The number of likely N-dealkylation sites (tertiary alicyclic amines) is 1. The number of halogens is 1. The predicted octanol–water partition coefficient (Wildman–Crippen LogP) is 1.24. The van der Waals surface area contributed by atoms with Crippen LogP contribution in [0.25, 0.3) is 0 Å². The topological polar surface area (TPSA) is 123 Å². The molecule has 3 saturated heterocycles. The van der Waals surface area contributed by atoms with Crippen molar-refractivity contribution in [3.05, 3.63) is 29.6 Å². The van der Waals surface area contributed by atoms with Gasteiger partial charge in [0.15, 0.2) is 11.6 Å². The van der Waals surface area contributed by atoms with Crippen LogP contribution < -0.4 is 10.1 Å². The van der Waals surface area contributed by atoms with Gasteiger partial charge in [0, 0.05) is 39.3 Å². The number of rotatable bonds is 8. The third-order valence-corrected chi connectivity index (χ3v) is 8.95. The van der Waals surface area contributed by atoms with E-state index in [1.54, 1.807) is 17.9 Å². The summed E-state index contributed by atoms with van der Waals surface area (Å²) in [5.74, 6) is -1.67. The molecule has 12 heteroatoms. The van der Waals surface area contributed by atoms with Crippen molar-refractivity contribution >= 4 is 22.0 Å². The molecule has 0 aliphatic carbocycles. The third kappa shape index (κ3) is 5.48. The number of nitriles is 1. The molecule has 0 spiro atoms. The van der Waals surface area contributed by atoms with E-state index < -0.39 is 28.0 Å². The van der Waals surface area contributed by atoms with E-state index in [1.165, 1.54) is 20.7 Å². The highest BCUT2D eigenvalue weighted by Gasteiger charge is 2.44. The Morgan fingerprint density at radius 3 is 2.61 bits per heavy atom. The molecular formula is C24H32FN5O5S. The van der Waals surface area contributed by atoms with Crippen LogP contribution in [-0.2, 0) is 26.3 Å². The summed E-state index contributed by atoms with van der Waals surface area (Å²) in [6, 6.07) is 5.95. The van der Waals surface area contributed by atoms with Gasteiger partial charge in [-0.2, -0.15) is 22.3 Å².